The van der Waals surface area contributed by atoms with Crippen molar-refractivity contribution in [3.8, 4) is 5.75 Å². The second kappa shape index (κ2) is 10.9. The van der Waals surface area contributed by atoms with E-state index in [1.165, 1.54) is 11.8 Å². The first-order valence-electron chi connectivity index (χ1n) is 12.5. The molecule has 1 aromatic heterocycles. The zero-order chi connectivity index (χ0) is 26.1. The average molecular weight is 548 g/mol. The molecule has 7 nitrogen and oxygen atoms in total. The smallest absolute Gasteiger partial charge is 0.144 e. The molecule has 2 aliphatic rings. The van der Waals surface area contributed by atoms with Gasteiger partial charge in [-0.2, -0.15) is 0 Å². The fourth-order valence-electron chi connectivity index (χ4n) is 5.17. The molecule has 0 aliphatic carbocycles. The summed E-state index contributed by atoms with van der Waals surface area (Å²) >= 11 is 12.6. The summed E-state index contributed by atoms with van der Waals surface area (Å²) in [6.45, 7) is 3.94. The van der Waals surface area contributed by atoms with Gasteiger partial charge in [0, 0.05) is 67.2 Å². The Morgan fingerprint density at radius 3 is 2.62 bits per heavy atom. The van der Waals surface area contributed by atoms with E-state index in [9.17, 15) is 4.39 Å². The zero-order valence-corrected chi connectivity index (χ0v) is 22.9. The number of rotatable bonds is 7. The maximum Gasteiger partial charge on any atom is 0.144 e. The van der Waals surface area contributed by atoms with Crippen LogP contribution >= 0.6 is 23.2 Å². The van der Waals surface area contributed by atoms with Crippen molar-refractivity contribution in [1.29, 1.82) is 0 Å². The van der Waals surface area contributed by atoms with Gasteiger partial charge in [0.15, 0.2) is 0 Å². The van der Waals surface area contributed by atoms with Crippen molar-refractivity contribution >= 4 is 51.9 Å². The molecular formula is C27H33Cl2FN6O. The number of piperidine rings is 1. The Hall–Kier alpha value is -2.81. The average Bonchev–Trinajstić information content (AvgIpc) is 3.32. The largest absolute Gasteiger partial charge is 0.494 e. The van der Waals surface area contributed by atoms with Crippen LogP contribution in [0, 0.1) is 5.82 Å². The van der Waals surface area contributed by atoms with Gasteiger partial charge in [0.05, 0.1) is 23.5 Å². The highest BCUT2D eigenvalue weighted by atomic mass is 35.5. The molecule has 5 rings (SSSR count). The Balaban J connectivity index is 1.32. The van der Waals surface area contributed by atoms with Crippen LogP contribution in [0.2, 0.25) is 10.0 Å². The lowest BCUT2D eigenvalue weighted by Crippen LogP contribution is -2.41. The number of ether oxygens (including phenoxy) is 1. The zero-order valence-electron chi connectivity index (χ0n) is 21.4. The molecule has 0 amide bonds. The SMILES string of the molecule is COc1cc(N2CCC(N(C)C)CC2)ccc1Nc1cc2c([nH]1)NCCN2Cc1c(Cl)ccc(F)c1Cl. The lowest BCUT2D eigenvalue weighted by atomic mass is 10.0. The van der Waals surface area contributed by atoms with E-state index in [0.717, 1.165) is 67.8 Å². The maximum atomic E-state index is 14.1. The van der Waals surface area contributed by atoms with Gasteiger partial charge >= 0.3 is 0 Å². The third kappa shape index (κ3) is 5.42. The van der Waals surface area contributed by atoms with Gasteiger partial charge in [-0.1, -0.05) is 23.2 Å². The molecule has 3 aromatic rings. The van der Waals surface area contributed by atoms with Crippen LogP contribution < -0.4 is 25.2 Å². The van der Waals surface area contributed by atoms with Crippen molar-refractivity contribution in [3.63, 3.8) is 0 Å². The summed E-state index contributed by atoms with van der Waals surface area (Å²) < 4.78 is 19.8. The van der Waals surface area contributed by atoms with E-state index in [1.807, 2.05) is 6.07 Å². The van der Waals surface area contributed by atoms with Gasteiger partial charge in [0.1, 0.15) is 23.2 Å². The molecule has 1 saturated heterocycles. The van der Waals surface area contributed by atoms with Crippen LogP contribution in [0.15, 0.2) is 36.4 Å². The summed E-state index contributed by atoms with van der Waals surface area (Å²) in [7, 11) is 6.00. The first kappa shape index (κ1) is 25.8. The van der Waals surface area contributed by atoms with E-state index in [2.05, 4.69) is 62.6 Å². The number of aromatic amines is 1. The minimum atomic E-state index is -0.467. The minimum Gasteiger partial charge on any atom is -0.494 e. The van der Waals surface area contributed by atoms with Crippen LogP contribution in [0.5, 0.6) is 5.75 Å². The molecule has 0 radical (unpaired) electrons. The maximum absolute atomic E-state index is 14.1. The lowest BCUT2D eigenvalue weighted by molar-refractivity contribution is 0.249. The summed E-state index contributed by atoms with van der Waals surface area (Å²) in [6, 6.07) is 11.8. The number of anilines is 5. The number of fused-ring (bicyclic) bond motifs is 1. The first-order valence-corrected chi connectivity index (χ1v) is 13.3. The van der Waals surface area contributed by atoms with Crippen LogP contribution in [0.4, 0.5) is 33.1 Å². The van der Waals surface area contributed by atoms with Crippen molar-refractivity contribution in [2.45, 2.75) is 25.4 Å². The summed E-state index contributed by atoms with van der Waals surface area (Å²) in [5.41, 5.74) is 3.58. The van der Waals surface area contributed by atoms with E-state index in [-0.39, 0.29) is 5.02 Å². The molecule has 0 bridgehead atoms. The van der Waals surface area contributed by atoms with Crippen LogP contribution in [-0.2, 0) is 6.54 Å². The van der Waals surface area contributed by atoms with Gasteiger partial charge in [-0.3, -0.25) is 0 Å². The summed E-state index contributed by atoms with van der Waals surface area (Å²) in [6.07, 6.45) is 2.30. The fraction of sp³-hybridized carbons (Fsp3) is 0.407. The van der Waals surface area contributed by atoms with E-state index in [4.69, 9.17) is 27.9 Å². The molecule has 3 N–H and O–H groups in total. The standard InChI is InChI=1S/C27H33Cl2FN6O/c1-34(2)17-8-11-35(12-9-17)18-4-7-22(24(14-18)37-3)32-25-15-23-27(33-25)31-10-13-36(23)16-19-20(28)5-6-21(30)26(19)29/h4-7,14-15,17,31-33H,8-13,16H2,1-3H3. The van der Waals surface area contributed by atoms with Crippen LogP contribution in [0.3, 0.4) is 0 Å². The van der Waals surface area contributed by atoms with Crippen molar-refractivity contribution in [2.75, 3.05) is 67.8 Å². The quantitative estimate of drug-likeness (QED) is 0.308. The Kier molecular flexibility index (Phi) is 7.60. The molecule has 3 heterocycles. The normalized spacial score (nSPS) is 16.1. The summed E-state index contributed by atoms with van der Waals surface area (Å²) in [5.74, 6) is 2.02. The highest BCUT2D eigenvalue weighted by Gasteiger charge is 2.24. The lowest BCUT2D eigenvalue weighted by Gasteiger charge is -2.36. The number of methoxy groups -OCH3 is 1. The number of benzene rings is 2. The second-order valence-corrected chi connectivity index (χ2v) is 10.6. The van der Waals surface area contributed by atoms with E-state index in [1.54, 1.807) is 13.2 Å². The summed E-state index contributed by atoms with van der Waals surface area (Å²) in [4.78, 5) is 10.3. The number of halogens is 3. The number of nitrogens with one attached hydrogen (secondary N) is 3. The fourth-order valence-corrected chi connectivity index (χ4v) is 5.66. The highest BCUT2D eigenvalue weighted by molar-refractivity contribution is 6.36. The third-order valence-electron chi connectivity index (χ3n) is 7.32. The third-order valence-corrected chi connectivity index (χ3v) is 8.09. The van der Waals surface area contributed by atoms with Crippen molar-refractivity contribution in [1.82, 2.24) is 9.88 Å². The molecule has 198 valence electrons. The predicted octanol–water partition coefficient (Wildman–Crippen LogP) is 6.18. The van der Waals surface area contributed by atoms with E-state index in [0.29, 0.717) is 23.2 Å². The predicted molar refractivity (Wildman–Crippen MR) is 152 cm³/mol. The Labute approximate surface area is 227 Å². The molecule has 2 aromatic carbocycles. The molecule has 37 heavy (non-hydrogen) atoms. The molecule has 0 spiro atoms. The summed E-state index contributed by atoms with van der Waals surface area (Å²) in [5, 5.41) is 7.38. The van der Waals surface area contributed by atoms with Gasteiger partial charge in [-0.05, 0) is 51.2 Å². The topological polar surface area (TPSA) is 58.8 Å². The van der Waals surface area contributed by atoms with E-state index < -0.39 is 5.82 Å². The molecule has 10 heteroatoms. The van der Waals surface area contributed by atoms with Crippen LogP contribution in [0.25, 0.3) is 0 Å². The molecule has 0 saturated carbocycles. The molecule has 2 aliphatic heterocycles. The van der Waals surface area contributed by atoms with E-state index >= 15 is 0 Å². The van der Waals surface area contributed by atoms with Crippen molar-refractivity contribution < 1.29 is 9.13 Å². The van der Waals surface area contributed by atoms with Gasteiger partial charge in [0.2, 0.25) is 0 Å². The Bertz CT molecular complexity index is 1260. The number of hydrogen-bond donors (Lipinski definition) is 3. The van der Waals surface area contributed by atoms with Crippen LogP contribution in [-0.4, -0.2) is 63.3 Å². The van der Waals surface area contributed by atoms with Crippen molar-refractivity contribution in [2.24, 2.45) is 0 Å². The van der Waals surface area contributed by atoms with Gasteiger partial charge < -0.3 is 35.1 Å². The molecular weight excluding hydrogens is 514 g/mol. The highest BCUT2D eigenvalue weighted by Crippen LogP contribution is 2.38. The monoisotopic (exact) mass is 546 g/mol. The molecule has 1 fully saturated rings. The molecule has 0 unspecified atom stereocenters. The Morgan fingerprint density at radius 1 is 1.11 bits per heavy atom. The number of hydrogen-bond acceptors (Lipinski definition) is 6. The minimum absolute atomic E-state index is 0.0669. The first-order chi connectivity index (χ1) is 17.8. The number of nitrogens with zero attached hydrogens (tertiary/aromatic N) is 3. The van der Waals surface area contributed by atoms with Crippen LogP contribution in [0.1, 0.15) is 18.4 Å². The number of H-pyrrole nitrogens is 1. The molecule has 0 atom stereocenters. The second-order valence-electron chi connectivity index (χ2n) is 9.80. The van der Waals surface area contributed by atoms with Gasteiger partial charge in [-0.15, -0.1) is 0 Å². The Morgan fingerprint density at radius 2 is 1.89 bits per heavy atom. The van der Waals surface area contributed by atoms with Gasteiger partial charge in [-0.25, -0.2) is 4.39 Å². The van der Waals surface area contributed by atoms with Gasteiger partial charge in [0.25, 0.3) is 0 Å². The van der Waals surface area contributed by atoms with Crippen molar-refractivity contribution in [3.05, 3.63) is 57.8 Å². The number of aromatic nitrogens is 1.